The van der Waals surface area contributed by atoms with E-state index in [0.29, 0.717) is 5.56 Å². The standard InChI is InChI=1S/C37H21BrN2/c38-30-20-33-31-11-4-5-12-35(31)40-36-14-13-27(19-32(36)34(21-30)37(33)40)25-9-6-10-26(17-25)29-16-23(22-39)15-28(18-29)24-7-2-1-3-8-24/h1-21H. The number of nitrogens with zero attached hydrogens (tertiary/aromatic N) is 2. The Balaban J connectivity index is 1.30. The predicted molar refractivity (Wildman–Crippen MR) is 170 cm³/mol. The van der Waals surface area contributed by atoms with Gasteiger partial charge in [0, 0.05) is 26.0 Å². The van der Waals surface area contributed by atoms with Gasteiger partial charge in [0.1, 0.15) is 0 Å². The number of hydrogen-bond donors (Lipinski definition) is 0. The number of rotatable bonds is 3. The van der Waals surface area contributed by atoms with E-state index in [4.69, 9.17) is 0 Å². The Labute approximate surface area is 239 Å². The summed E-state index contributed by atoms with van der Waals surface area (Å²) in [5, 5.41) is 14.8. The molecule has 0 N–H and O–H groups in total. The van der Waals surface area contributed by atoms with Gasteiger partial charge >= 0.3 is 0 Å². The number of fused-ring (bicyclic) bond motifs is 6. The van der Waals surface area contributed by atoms with Crippen LogP contribution in [0.15, 0.2) is 132 Å². The first-order valence-corrected chi connectivity index (χ1v) is 14.1. The molecule has 0 spiro atoms. The third kappa shape index (κ3) is 3.47. The Kier molecular flexibility index (Phi) is 5.07. The number of aromatic nitrogens is 1. The lowest BCUT2D eigenvalue weighted by Gasteiger charge is -2.10. The van der Waals surface area contributed by atoms with Gasteiger partial charge in [0.2, 0.25) is 0 Å². The number of halogens is 1. The van der Waals surface area contributed by atoms with Crippen LogP contribution in [0.3, 0.4) is 0 Å². The summed E-state index contributed by atoms with van der Waals surface area (Å²) in [6.45, 7) is 0. The molecular formula is C37H21BrN2. The van der Waals surface area contributed by atoms with Crippen molar-refractivity contribution < 1.29 is 0 Å². The Hall–Kier alpha value is -4.91. The molecule has 0 radical (unpaired) electrons. The van der Waals surface area contributed by atoms with E-state index in [-0.39, 0.29) is 0 Å². The molecule has 0 aliphatic carbocycles. The minimum atomic E-state index is 0.659. The molecule has 3 heteroatoms. The number of para-hydroxylation sites is 1. The molecule has 0 saturated heterocycles. The molecule has 0 aliphatic heterocycles. The molecule has 6 aromatic carbocycles. The summed E-state index contributed by atoms with van der Waals surface area (Å²) >= 11 is 3.77. The van der Waals surface area contributed by atoms with Gasteiger partial charge in [-0.05, 0) is 88.0 Å². The van der Waals surface area contributed by atoms with Gasteiger partial charge in [-0.3, -0.25) is 0 Å². The van der Waals surface area contributed by atoms with Gasteiger partial charge in [-0.15, -0.1) is 0 Å². The maximum atomic E-state index is 9.75. The van der Waals surface area contributed by atoms with Gasteiger partial charge in [0.05, 0.1) is 28.2 Å². The van der Waals surface area contributed by atoms with Crippen molar-refractivity contribution >= 4 is 54.0 Å². The predicted octanol–water partition coefficient (Wildman–Crippen LogP) is 10.5. The maximum absolute atomic E-state index is 9.75. The molecule has 8 rings (SSSR count). The fraction of sp³-hybridized carbons (Fsp3) is 0. The van der Waals surface area contributed by atoms with E-state index in [1.165, 1.54) is 43.7 Å². The lowest BCUT2D eigenvalue weighted by molar-refractivity contribution is 1.37. The Bertz CT molecular complexity index is 2290. The fourth-order valence-corrected chi connectivity index (χ4v) is 6.64. The number of benzene rings is 6. The third-order valence-corrected chi connectivity index (χ3v) is 8.42. The van der Waals surface area contributed by atoms with Crippen LogP contribution in [0.4, 0.5) is 0 Å². The monoisotopic (exact) mass is 572 g/mol. The average Bonchev–Trinajstić information content (AvgIpc) is 3.52. The lowest BCUT2D eigenvalue weighted by Crippen LogP contribution is -1.87. The van der Waals surface area contributed by atoms with Crippen LogP contribution in [-0.4, -0.2) is 4.40 Å². The van der Waals surface area contributed by atoms with Crippen molar-refractivity contribution in [3.05, 3.63) is 137 Å². The smallest absolute Gasteiger partial charge is 0.0992 e. The van der Waals surface area contributed by atoms with E-state index >= 15 is 0 Å². The second-order valence-corrected chi connectivity index (χ2v) is 11.2. The van der Waals surface area contributed by atoms with Crippen molar-refractivity contribution in [3.8, 4) is 39.4 Å². The second-order valence-electron chi connectivity index (χ2n) is 10.3. The van der Waals surface area contributed by atoms with Gasteiger partial charge < -0.3 is 4.40 Å². The summed E-state index contributed by atoms with van der Waals surface area (Å²) in [7, 11) is 0. The van der Waals surface area contributed by atoms with E-state index in [9.17, 15) is 5.26 Å². The van der Waals surface area contributed by atoms with E-state index in [1.807, 2.05) is 30.3 Å². The molecule has 0 saturated carbocycles. The molecule has 8 aromatic rings. The highest BCUT2D eigenvalue weighted by Crippen LogP contribution is 2.42. The summed E-state index contributed by atoms with van der Waals surface area (Å²) in [5.41, 5.74) is 11.0. The van der Waals surface area contributed by atoms with Crippen molar-refractivity contribution in [2.45, 2.75) is 0 Å². The van der Waals surface area contributed by atoms with Crippen LogP contribution in [0.5, 0.6) is 0 Å². The third-order valence-electron chi connectivity index (χ3n) is 7.96. The minimum absolute atomic E-state index is 0.659. The van der Waals surface area contributed by atoms with Crippen molar-refractivity contribution in [3.63, 3.8) is 0 Å². The van der Waals surface area contributed by atoms with Gasteiger partial charge in [-0.1, -0.05) is 88.7 Å². The van der Waals surface area contributed by atoms with E-state index in [2.05, 4.69) is 123 Å². The van der Waals surface area contributed by atoms with E-state index < -0.39 is 0 Å². The minimum Gasteiger partial charge on any atom is -0.308 e. The van der Waals surface area contributed by atoms with Gasteiger partial charge in [0.25, 0.3) is 0 Å². The first-order valence-electron chi connectivity index (χ1n) is 13.3. The van der Waals surface area contributed by atoms with Crippen molar-refractivity contribution in [2.75, 3.05) is 0 Å². The van der Waals surface area contributed by atoms with Crippen LogP contribution in [0.25, 0.3) is 71.5 Å². The van der Waals surface area contributed by atoms with Gasteiger partial charge in [0.15, 0.2) is 0 Å². The van der Waals surface area contributed by atoms with Gasteiger partial charge in [-0.2, -0.15) is 5.26 Å². The zero-order chi connectivity index (χ0) is 26.8. The van der Waals surface area contributed by atoms with Crippen molar-refractivity contribution in [2.24, 2.45) is 0 Å². The fourth-order valence-electron chi connectivity index (χ4n) is 6.18. The molecule has 0 unspecified atom stereocenters. The molecule has 40 heavy (non-hydrogen) atoms. The molecule has 0 fully saturated rings. The quantitative estimate of drug-likeness (QED) is 0.207. The van der Waals surface area contributed by atoms with Crippen LogP contribution in [0, 0.1) is 11.3 Å². The molecule has 2 heterocycles. The highest BCUT2D eigenvalue weighted by atomic mass is 79.9. The normalized spacial score (nSPS) is 11.6. The zero-order valence-corrected chi connectivity index (χ0v) is 23.0. The van der Waals surface area contributed by atoms with Crippen molar-refractivity contribution in [1.29, 1.82) is 5.26 Å². The lowest BCUT2D eigenvalue weighted by atomic mass is 9.94. The summed E-state index contributed by atoms with van der Waals surface area (Å²) in [6, 6.07) is 47.2. The zero-order valence-electron chi connectivity index (χ0n) is 21.4. The SMILES string of the molecule is N#Cc1cc(-c2ccccc2)cc(-c2cccc(-c3ccc4c(c3)c3cc(Br)cc5c6ccccc6n4c53)c2)c1. The molecule has 0 amide bonds. The van der Waals surface area contributed by atoms with E-state index in [1.54, 1.807) is 0 Å². The van der Waals surface area contributed by atoms with Gasteiger partial charge in [-0.25, -0.2) is 0 Å². The Morgan fingerprint density at radius 1 is 0.475 bits per heavy atom. The van der Waals surface area contributed by atoms with Crippen LogP contribution >= 0.6 is 15.9 Å². The molecule has 2 nitrogen and oxygen atoms in total. The summed E-state index contributed by atoms with van der Waals surface area (Å²) in [5.74, 6) is 0. The summed E-state index contributed by atoms with van der Waals surface area (Å²) in [4.78, 5) is 0. The van der Waals surface area contributed by atoms with Crippen LogP contribution in [-0.2, 0) is 0 Å². The van der Waals surface area contributed by atoms with Crippen LogP contribution in [0.1, 0.15) is 5.56 Å². The molecular weight excluding hydrogens is 552 g/mol. The second kappa shape index (κ2) is 8.81. The molecule has 0 aliphatic rings. The number of nitriles is 1. The van der Waals surface area contributed by atoms with Crippen LogP contribution in [0.2, 0.25) is 0 Å². The largest absolute Gasteiger partial charge is 0.308 e. The molecule has 186 valence electrons. The topological polar surface area (TPSA) is 28.2 Å². The Morgan fingerprint density at radius 2 is 1.07 bits per heavy atom. The highest BCUT2D eigenvalue weighted by Gasteiger charge is 2.18. The first kappa shape index (κ1) is 23.0. The average molecular weight is 573 g/mol. The van der Waals surface area contributed by atoms with Crippen molar-refractivity contribution in [1.82, 2.24) is 4.40 Å². The maximum Gasteiger partial charge on any atom is 0.0992 e. The summed E-state index contributed by atoms with van der Waals surface area (Å²) < 4.78 is 3.49. The van der Waals surface area contributed by atoms with Crippen LogP contribution < -0.4 is 0 Å². The van der Waals surface area contributed by atoms with E-state index in [0.717, 1.165) is 32.3 Å². The summed E-state index contributed by atoms with van der Waals surface area (Å²) in [6.07, 6.45) is 0. The highest BCUT2D eigenvalue weighted by molar-refractivity contribution is 9.10. The number of hydrogen-bond acceptors (Lipinski definition) is 1. The first-order chi connectivity index (χ1) is 19.7. The molecule has 0 bridgehead atoms. The Morgan fingerprint density at radius 3 is 1.88 bits per heavy atom. The molecule has 2 aromatic heterocycles. The molecule has 0 atom stereocenters.